The highest BCUT2D eigenvalue weighted by Crippen LogP contribution is 2.43. The van der Waals surface area contributed by atoms with Gasteiger partial charge in [-0.3, -0.25) is 14.5 Å². The van der Waals surface area contributed by atoms with E-state index in [9.17, 15) is 19.1 Å². The molecule has 174 valence electrons. The number of benzene rings is 3. The molecule has 1 saturated heterocycles. The van der Waals surface area contributed by atoms with E-state index in [1.165, 1.54) is 29.2 Å². The van der Waals surface area contributed by atoms with E-state index in [1.54, 1.807) is 18.2 Å². The molecular weight excluding hydrogens is 453 g/mol. The standard InChI is InChI=1S/C28H25ClFNO3/c1-16-5-14-21(15-22(16)29)31-24(17-6-10-19(11-7-17)28(2,3)4)23(26(33)27(31)34)25(32)18-8-12-20(30)13-9-18/h5-15,24,32H,1-4H3/b25-23+. The molecule has 0 saturated carbocycles. The molecule has 1 atom stereocenters. The average molecular weight is 478 g/mol. The Morgan fingerprint density at radius 2 is 1.59 bits per heavy atom. The number of Topliss-reactive ketones (excluding diaryl/α,β-unsaturated/α-hetero) is 1. The van der Waals surface area contributed by atoms with Gasteiger partial charge in [0.1, 0.15) is 11.6 Å². The van der Waals surface area contributed by atoms with Crippen molar-refractivity contribution >= 4 is 34.7 Å². The molecule has 6 heteroatoms. The van der Waals surface area contributed by atoms with Crippen molar-refractivity contribution in [3.63, 3.8) is 0 Å². The smallest absolute Gasteiger partial charge is 0.300 e. The zero-order valence-electron chi connectivity index (χ0n) is 19.4. The third-order valence-corrected chi connectivity index (χ3v) is 6.50. The van der Waals surface area contributed by atoms with Crippen LogP contribution in [0.2, 0.25) is 5.02 Å². The van der Waals surface area contributed by atoms with E-state index in [-0.39, 0.29) is 22.3 Å². The lowest BCUT2D eigenvalue weighted by Gasteiger charge is -2.27. The quantitative estimate of drug-likeness (QED) is 0.259. The van der Waals surface area contributed by atoms with Crippen molar-refractivity contribution in [1.29, 1.82) is 0 Å². The fourth-order valence-corrected chi connectivity index (χ4v) is 4.25. The van der Waals surface area contributed by atoms with Crippen molar-refractivity contribution in [3.05, 3.63) is 105 Å². The second-order valence-electron chi connectivity index (χ2n) is 9.48. The lowest BCUT2D eigenvalue weighted by atomic mass is 9.85. The van der Waals surface area contributed by atoms with E-state index in [0.29, 0.717) is 16.3 Å². The summed E-state index contributed by atoms with van der Waals surface area (Å²) in [5.74, 6) is -2.42. The van der Waals surface area contributed by atoms with Gasteiger partial charge in [0, 0.05) is 16.3 Å². The van der Waals surface area contributed by atoms with Crippen LogP contribution in [0, 0.1) is 12.7 Å². The molecular formula is C28H25ClFNO3. The van der Waals surface area contributed by atoms with Gasteiger partial charge < -0.3 is 5.11 Å². The van der Waals surface area contributed by atoms with Crippen molar-refractivity contribution in [2.45, 2.75) is 39.2 Å². The predicted octanol–water partition coefficient (Wildman–Crippen LogP) is 6.71. The number of ketones is 1. The Morgan fingerprint density at radius 1 is 0.971 bits per heavy atom. The summed E-state index contributed by atoms with van der Waals surface area (Å²) in [6.45, 7) is 8.13. The Balaban J connectivity index is 1.93. The van der Waals surface area contributed by atoms with Gasteiger partial charge in [0.2, 0.25) is 0 Å². The monoisotopic (exact) mass is 477 g/mol. The number of rotatable bonds is 3. The second-order valence-corrected chi connectivity index (χ2v) is 9.89. The van der Waals surface area contributed by atoms with Gasteiger partial charge in [0.25, 0.3) is 11.7 Å². The molecule has 0 radical (unpaired) electrons. The molecule has 1 fully saturated rings. The first-order valence-corrected chi connectivity index (χ1v) is 11.3. The number of nitrogens with zero attached hydrogens (tertiary/aromatic N) is 1. The molecule has 4 rings (SSSR count). The molecule has 1 unspecified atom stereocenters. The van der Waals surface area contributed by atoms with Crippen LogP contribution >= 0.6 is 11.6 Å². The second kappa shape index (κ2) is 8.73. The van der Waals surface area contributed by atoms with Crippen LogP contribution in [-0.2, 0) is 15.0 Å². The molecule has 3 aromatic rings. The van der Waals surface area contributed by atoms with Crippen LogP contribution in [0.25, 0.3) is 5.76 Å². The Labute approximate surface area is 203 Å². The summed E-state index contributed by atoms with van der Waals surface area (Å²) in [6, 6.07) is 17.0. The maximum atomic E-state index is 13.5. The summed E-state index contributed by atoms with van der Waals surface area (Å²) in [7, 11) is 0. The fourth-order valence-electron chi connectivity index (χ4n) is 4.07. The summed E-state index contributed by atoms with van der Waals surface area (Å²) in [6.07, 6.45) is 0. The predicted molar refractivity (Wildman–Crippen MR) is 133 cm³/mol. The molecule has 34 heavy (non-hydrogen) atoms. The number of amides is 1. The minimum absolute atomic E-state index is 0.0585. The van der Waals surface area contributed by atoms with E-state index in [1.807, 2.05) is 31.2 Å². The Hall–Kier alpha value is -3.44. The highest BCUT2D eigenvalue weighted by atomic mass is 35.5. The number of halogens is 2. The molecule has 0 aromatic heterocycles. The van der Waals surface area contributed by atoms with Crippen LogP contribution < -0.4 is 4.90 Å². The van der Waals surface area contributed by atoms with Gasteiger partial charge in [-0.2, -0.15) is 0 Å². The van der Waals surface area contributed by atoms with Crippen LogP contribution in [0.5, 0.6) is 0 Å². The maximum Gasteiger partial charge on any atom is 0.300 e. The summed E-state index contributed by atoms with van der Waals surface area (Å²) in [5, 5.41) is 11.6. The first-order chi connectivity index (χ1) is 16.0. The van der Waals surface area contributed by atoms with Gasteiger partial charge in [0.05, 0.1) is 11.6 Å². The molecule has 1 aliphatic rings. The summed E-state index contributed by atoms with van der Waals surface area (Å²) in [4.78, 5) is 27.8. The number of hydrogen-bond acceptors (Lipinski definition) is 3. The van der Waals surface area contributed by atoms with Crippen molar-refractivity contribution in [1.82, 2.24) is 0 Å². The van der Waals surface area contributed by atoms with Crippen molar-refractivity contribution in [3.8, 4) is 0 Å². The van der Waals surface area contributed by atoms with E-state index in [4.69, 9.17) is 11.6 Å². The minimum atomic E-state index is -0.877. The van der Waals surface area contributed by atoms with Crippen molar-refractivity contribution in [2.24, 2.45) is 0 Å². The van der Waals surface area contributed by atoms with Gasteiger partial charge in [-0.1, -0.05) is 62.7 Å². The first-order valence-electron chi connectivity index (χ1n) is 10.9. The molecule has 0 aliphatic carbocycles. The molecule has 0 bridgehead atoms. The minimum Gasteiger partial charge on any atom is -0.507 e. The van der Waals surface area contributed by atoms with Crippen molar-refractivity contribution < 1.29 is 19.1 Å². The molecule has 1 amide bonds. The molecule has 1 aliphatic heterocycles. The molecule has 0 spiro atoms. The fraction of sp³-hybridized carbons (Fsp3) is 0.214. The van der Waals surface area contributed by atoms with Gasteiger partial charge in [0.15, 0.2) is 0 Å². The lowest BCUT2D eigenvalue weighted by molar-refractivity contribution is -0.132. The summed E-state index contributed by atoms with van der Waals surface area (Å²) in [5.41, 5.74) is 3.13. The number of aryl methyl sites for hydroxylation is 1. The zero-order valence-corrected chi connectivity index (χ0v) is 20.2. The lowest BCUT2D eigenvalue weighted by Crippen LogP contribution is -2.29. The number of hydrogen-bond donors (Lipinski definition) is 1. The summed E-state index contributed by atoms with van der Waals surface area (Å²) >= 11 is 6.33. The number of aliphatic hydroxyl groups is 1. The zero-order chi connectivity index (χ0) is 24.8. The van der Waals surface area contributed by atoms with Crippen LogP contribution in [0.3, 0.4) is 0 Å². The number of aliphatic hydroxyl groups excluding tert-OH is 1. The van der Waals surface area contributed by atoms with Crippen LogP contribution in [0.1, 0.15) is 49.1 Å². The Bertz CT molecular complexity index is 1300. The van der Waals surface area contributed by atoms with Gasteiger partial charge in [-0.25, -0.2) is 4.39 Å². The van der Waals surface area contributed by atoms with Crippen LogP contribution in [-0.4, -0.2) is 16.8 Å². The topological polar surface area (TPSA) is 57.6 Å². The Kier molecular flexibility index (Phi) is 6.09. The van der Waals surface area contributed by atoms with Crippen LogP contribution in [0.4, 0.5) is 10.1 Å². The number of anilines is 1. The summed E-state index contributed by atoms with van der Waals surface area (Å²) < 4.78 is 13.5. The normalized spacial score (nSPS) is 17.9. The largest absolute Gasteiger partial charge is 0.507 e. The van der Waals surface area contributed by atoms with Gasteiger partial charge in [-0.15, -0.1) is 0 Å². The third kappa shape index (κ3) is 4.24. The van der Waals surface area contributed by atoms with E-state index in [0.717, 1.165) is 11.1 Å². The average Bonchev–Trinajstić information content (AvgIpc) is 3.06. The molecule has 1 heterocycles. The van der Waals surface area contributed by atoms with Crippen LogP contribution in [0.15, 0.2) is 72.3 Å². The highest BCUT2D eigenvalue weighted by molar-refractivity contribution is 6.51. The van der Waals surface area contributed by atoms with E-state index in [2.05, 4.69) is 20.8 Å². The van der Waals surface area contributed by atoms with Crippen molar-refractivity contribution in [2.75, 3.05) is 4.90 Å². The van der Waals surface area contributed by atoms with Gasteiger partial charge >= 0.3 is 0 Å². The van der Waals surface area contributed by atoms with Gasteiger partial charge in [-0.05, 0) is 65.4 Å². The molecule has 3 aromatic carbocycles. The molecule has 1 N–H and O–H groups in total. The third-order valence-electron chi connectivity index (χ3n) is 6.09. The van der Waals surface area contributed by atoms with E-state index >= 15 is 0 Å². The molecule has 4 nitrogen and oxygen atoms in total. The Morgan fingerprint density at radius 3 is 2.15 bits per heavy atom. The van der Waals surface area contributed by atoms with E-state index < -0.39 is 23.5 Å². The number of carbonyl (C=O) groups excluding carboxylic acids is 2. The highest BCUT2D eigenvalue weighted by Gasteiger charge is 2.47. The first kappa shape index (κ1) is 23.7. The maximum absolute atomic E-state index is 13.5. The SMILES string of the molecule is Cc1ccc(N2C(=O)C(=O)/C(=C(/O)c3ccc(F)cc3)C2c2ccc(C(C)(C)C)cc2)cc1Cl. The number of carbonyl (C=O) groups is 2.